The van der Waals surface area contributed by atoms with Gasteiger partial charge in [-0.25, -0.2) is 0 Å². The average Bonchev–Trinajstić information content (AvgIpc) is 3.42. The summed E-state index contributed by atoms with van der Waals surface area (Å²) in [5.41, 5.74) is 0.883. The Hall–Kier alpha value is -1.72. The summed E-state index contributed by atoms with van der Waals surface area (Å²) in [4.78, 5) is 8.89. The largest absolute Gasteiger partial charge is 0.357 e. The molecule has 1 fully saturated rings. The third-order valence-electron chi connectivity index (χ3n) is 5.70. The molecule has 0 spiro atoms. The van der Waals surface area contributed by atoms with E-state index in [4.69, 9.17) is 4.99 Å². The van der Waals surface area contributed by atoms with Gasteiger partial charge in [0.05, 0.1) is 0 Å². The van der Waals surface area contributed by atoms with Gasteiger partial charge in [0.2, 0.25) is 0 Å². The van der Waals surface area contributed by atoms with Gasteiger partial charge in [-0.3, -0.25) is 14.3 Å². The van der Waals surface area contributed by atoms with Gasteiger partial charge in [0.1, 0.15) is 5.82 Å². The second-order valence-corrected chi connectivity index (χ2v) is 8.76. The number of piperidine rings is 1. The summed E-state index contributed by atoms with van der Waals surface area (Å²) in [6, 6.07) is 10.8. The molecule has 2 N–H and O–H groups in total. The molecule has 1 aliphatic heterocycles. The van der Waals surface area contributed by atoms with Crippen molar-refractivity contribution in [3.05, 3.63) is 52.6 Å². The maximum Gasteiger partial charge on any atom is 0.191 e. The van der Waals surface area contributed by atoms with E-state index in [0.29, 0.717) is 12.0 Å². The van der Waals surface area contributed by atoms with Gasteiger partial charge in [-0.05, 0) is 62.9 Å². The third kappa shape index (κ3) is 5.95. The second kappa shape index (κ2) is 11.8. The van der Waals surface area contributed by atoms with Crippen LogP contribution in [0.5, 0.6) is 0 Å². The first kappa shape index (κ1) is 23.9. The number of hydrogen-bond donors (Lipinski definition) is 2. The number of hydrogen-bond acceptors (Lipinski definition) is 5. The maximum atomic E-state index is 4.94. The number of likely N-dealkylation sites (tertiary alicyclic amines) is 1. The maximum absolute atomic E-state index is 4.94. The number of nitrogens with one attached hydrogen (secondary N) is 2. The van der Waals surface area contributed by atoms with E-state index in [1.54, 1.807) is 0 Å². The number of rotatable bonds is 7. The van der Waals surface area contributed by atoms with Crippen molar-refractivity contribution in [3.8, 4) is 0 Å². The number of halogens is 1. The van der Waals surface area contributed by atoms with Gasteiger partial charge in [-0.15, -0.1) is 45.5 Å². The zero-order chi connectivity index (χ0) is 20.8. The fourth-order valence-corrected chi connectivity index (χ4v) is 5.25. The Balaban J connectivity index is 0.00000272. The summed E-state index contributed by atoms with van der Waals surface area (Å²) in [7, 11) is 2.24. The van der Waals surface area contributed by atoms with Crippen LogP contribution < -0.4 is 10.6 Å². The van der Waals surface area contributed by atoms with Crippen LogP contribution in [0.15, 0.2) is 46.9 Å². The summed E-state index contributed by atoms with van der Waals surface area (Å²) in [6.07, 6.45) is 5.26. The first-order valence-corrected chi connectivity index (χ1v) is 11.7. The van der Waals surface area contributed by atoms with Crippen LogP contribution in [0.3, 0.4) is 0 Å². The molecule has 1 aliphatic rings. The molecule has 4 rings (SSSR count). The minimum Gasteiger partial charge on any atom is -0.357 e. The first-order valence-electron chi connectivity index (χ1n) is 10.8. The molecule has 0 aromatic carbocycles. The Bertz CT molecular complexity index is 956. The third-order valence-corrected chi connectivity index (χ3v) is 6.64. The van der Waals surface area contributed by atoms with E-state index in [2.05, 4.69) is 57.2 Å². The molecular formula is C22H32IN7S. The fraction of sp³-hybridized carbons (Fsp3) is 0.500. The highest BCUT2D eigenvalue weighted by atomic mass is 127. The van der Waals surface area contributed by atoms with E-state index >= 15 is 0 Å². The van der Waals surface area contributed by atoms with Crippen LogP contribution in [0.1, 0.15) is 36.5 Å². The standard InChI is InChI=1S/C22H31N7S.HI/c1-3-23-22(24-12-11-20-27-26-19-10-4-5-14-29(19)20)25-16-17-8-6-13-28(2)21(17)18-9-7-15-30-18;/h4-5,7,9-10,14-15,17,21H,3,6,8,11-13,16H2,1-2H3,(H2,23,24,25);1H. The van der Waals surface area contributed by atoms with Gasteiger partial charge in [0, 0.05) is 43.2 Å². The van der Waals surface area contributed by atoms with Crippen LogP contribution in [0.2, 0.25) is 0 Å². The summed E-state index contributed by atoms with van der Waals surface area (Å²) >= 11 is 1.86. The van der Waals surface area contributed by atoms with Crippen LogP contribution in [0, 0.1) is 5.92 Å². The van der Waals surface area contributed by atoms with Crippen molar-refractivity contribution in [2.24, 2.45) is 10.9 Å². The molecule has 3 aromatic heterocycles. The van der Waals surface area contributed by atoms with E-state index in [1.165, 1.54) is 17.7 Å². The van der Waals surface area contributed by atoms with Gasteiger partial charge >= 0.3 is 0 Å². The summed E-state index contributed by atoms with van der Waals surface area (Å²) < 4.78 is 2.04. The lowest BCUT2D eigenvalue weighted by atomic mass is 9.88. The van der Waals surface area contributed by atoms with Crippen LogP contribution >= 0.6 is 35.3 Å². The molecule has 0 saturated carbocycles. The molecule has 4 heterocycles. The molecule has 2 unspecified atom stereocenters. The molecule has 7 nitrogen and oxygen atoms in total. The van der Waals surface area contributed by atoms with Crippen molar-refractivity contribution >= 4 is 46.9 Å². The van der Waals surface area contributed by atoms with Crippen molar-refractivity contribution in [1.29, 1.82) is 0 Å². The topological polar surface area (TPSA) is 69.8 Å². The molecule has 2 atom stereocenters. The number of nitrogens with zero attached hydrogens (tertiary/aromatic N) is 5. The lowest BCUT2D eigenvalue weighted by Gasteiger charge is -2.38. The minimum atomic E-state index is 0. The van der Waals surface area contributed by atoms with E-state index < -0.39 is 0 Å². The molecule has 3 aromatic rings. The highest BCUT2D eigenvalue weighted by Gasteiger charge is 2.31. The lowest BCUT2D eigenvalue weighted by Crippen LogP contribution is -2.40. The molecule has 168 valence electrons. The first-order chi connectivity index (χ1) is 14.8. The second-order valence-electron chi connectivity index (χ2n) is 7.78. The number of guanidine groups is 1. The number of thiophene rings is 1. The van der Waals surface area contributed by atoms with Crippen LogP contribution in [0.25, 0.3) is 5.65 Å². The Morgan fingerprint density at radius 3 is 2.94 bits per heavy atom. The molecule has 0 bridgehead atoms. The number of fused-ring (bicyclic) bond motifs is 1. The normalized spacial score (nSPS) is 19.9. The van der Waals surface area contributed by atoms with Gasteiger partial charge in [0.25, 0.3) is 0 Å². The van der Waals surface area contributed by atoms with Crippen LogP contribution in [-0.2, 0) is 6.42 Å². The van der Waals surface area contributed by atoms with Gasteiger partial charge < -0.3 is 10.6 Å². The van der Waals surface area contributed by atoms with Crippen molar-refractivity contribution in [2.75, 3.05) is 33.2 Å². The molecule has 9 heteroatoms. The van der Waals surface area contributed by atoms with Crippen molar-refractivity contribution < 1.29 is 0 Å². The van der Waals surface area contributed by atoms with Crippen LogP contribution in [-0.4, -0.2) is 58.7 Å². The SMILES string of the molecule is CCNC(=NCC1CCCN(C)C1c1cccs1)NCCc1nnc2ccccn12.I. The molecule has 0 amide bonds. The zero-order valence-electron chi connectivity index (χ0n) is 18.2. The van der Waals surface area contributed by atoms with Crippen LogP contribution in [0.4, 0.5) is 0 Å². The van der Waals surface area contributed by atoms with Crippen molar-refractivity contribution in [1.82, 2.24) is 30.1 Å². The Labute approximate surface area is 205 Å². The molecular weight excluding hydrogens is 521 g/mol. The zero-order valence-corrected chi connectivity index (χ0v) is 21.3. The van der Waals surface area contributed by atoms with E-state index in [1.807, 2.05) is 40.1 Å². The van der Waals surface area contributed by atoms with E-state index in [0.717, 1.165) is 50.0 Å². The van der Waals surface area contributed by atoms with Crippen molar-refractivity contribution in [3.63, 3.8) is 0 Å². The molecule has 1 saturated heterocycles. The summed E-state index contributed by atoms with van der Waals surface area (Å²) in [5, 5.41) is 17.6. The summed E-state index contributed by atoms with van der Waals surface area (Å²) in [6.45, 7) is 5.70. The predicted molar refractivity (Wildman–Crippen MR) is 139 cm³/mol. The molecule has 31 heavy (non-hydrogen) atoms. The van der Waals surface area contributed by atoms with E-state index in [9.17, 15) is 0 Å². The van der Waals surface area contributed by atoms with Gasteiger partial charge in [-0.1, -0.05) is 12.1 Å². The number of aromatic nitrogens is 3. The quantitative estimate of drug-likeness (QED) is 0.266. The predicted octanol–water partition coefficient (Wildman–Crippen LogP) is 3.59. The van der Waals surface area contributed by atoms with Crippen molar-refractivity contribution in [2.45, 2.75) is 32.2 Å². The highest BCUT2D eigenvalue weighted by molar-refractivity contribution is 14.0. The van der Waals surface area contributed by atoms with Gasteiger partial charge in [0.15, 0.2) is 11.6 Å². The molecule has 0 radical (unpaired) electrons. The minimum absolute atomic E-state index is 0. The Morgan fingerprint density at radius 1 is 1.23 bits per heavy atom. The van der Waals surface area contributed by atoms with E-state index in [-0.39, 0.29) is 24.0 Å². The smallest absolute Gasteiger partial charge is 0.191 e. The highest BCUT2D eigenvalue weighted by Crippen LogP contribution is 2.37. The fourth-order valence-electron chi connectivity index (χ4n) is 4.26. The average molecular weight is 554 g/mol. The Kier molecular flexibility index (Phi) is 9.09. The summed E-state index contributed by atoms with van der Waals surface area (Å²) in [5.74, 6) is 2.38. The molecule has 0 aliphatic carbocycles. The monoisotopic (exact) mass is 553 g/mol. The lowest BCUT2D eigenvalue weighted by molar-refractivity contribution is 0.128. The number of pyridine rings is 1. The number of aliphatic imine (C=N–C) groups is 1. The Morgan fingerprint density at radius 2 is 2.13 bits per heavy atom. The van der Waals surface area contributed by atoms with Gasteiger partial charge in [-0.2, -0.15) is 0 Å².